The number of nitrogens with zero attached hydrogens (tertiary/aromatic N) is 2. The van der Waals surface area contributed by atoms with Crippen molar-refractivity contribution in [3.63, 3.8) is 0 Å². The molecule has 1 unspecified atom stereocenters. The van der Waals surface area contributed by atoms with E-state index >= 15 is 0 Å². The lowest BCUT2D eigenvalue weighted by Crippen LogP contribution is -2.21. The fraction of sp³-hybridized carbons (Fsp3) is 0.115. The highest BCUT2D eigenvalue weighted by Gasteiger charge is 2.38. The maximum absolute atomic E-state index is 14.1. The number of amides is 2. The molecular weight excluding hydrogens is 531 g/mol. The minimum absolute atomic E-state index is 0.00935. The van der Waals surface area contributed by atoms with Crippen molar-refractivity contribution in [3.05, 3.63) is 99.2 Å². The van der Waals surface area contributed by atoms with Crippen LogP contribution < -0.4 is 10.6 Å². The summed E-state index contributed by atoms with van der Waals surface area (Å²) >= 11 is 6.31. The molecule has 12 heteroatoms. The Balaban J connectivity index is 1.72. The predicted molar refractivity (Wildman–Crippen MR) is 131 cm³/mol. The fourth-order valence-corrected chi connectivity index (χ4v) is 4.79. The molecular formula is C26H16ClF5N4O2. The van der Waals surface area contributed by atoms with Gasteiger partial charge in [0.1, 0.15) is 17.2 Å². The molecule has 1 aliphatic heterocycles. The van der Waals surface area contributed by atoms with Crippen molar-refractivity contribution < 1.29 is 31.5 Å². The van der Waals surface area contributed by atoms with Crippen LogP contribution in [-0.4, -0.2) is 21.6 Å². The molecule has 5 rings (SSSR count). The Labute approximate surface area is 216 Å². The van der Waals surface area contributed by atoms with Gasteiger partial charge in [-0.1, -0.05) is 18.2 Å². The van der Waals surface area contributed by atoms with Crippen molar-refractivity contribution in [2.24, 2.45) is 7.05 Å². The Morgan fingerprint density at radius 2 is 1.89 bits per heavy atom. The number of hydrogen-bond donors (Lipinski definition) is 2. The molecule has 38 heavy (non-hydrogen) atoms. The highest BCUT2D eigenvalue weighted by atomic mass is 35.5. The number of carbonyl (C=O) groups excluding carboxylic acids is 2. The van der Waals surface area contributed by atoms with Crippen molar-refractivity contribution >= 4 is 46.1 Å². The van der Waals surface area contributed by atoms with Crippen LogP contribution in [0.2, 0.25) is 5.02 Å². The van der Waals surface area contributed by atoms with Gasteiger partial charge in [0.05, 0.1) is 22.9 Å². The largest absolute Gasteiger partial charge is 0.416 e. The molecule has 194 valence electrons. The predicted octanol–water partition coefficient (Wildman–Crippen LogP) is 6.25. The molecule has 0 fully saturated rings. The minimum atomic E-state index is -4.89. The molecule has 1 aromatic heterocycles. The van der Waals surface area contributed by atoms with E-state index in [0.29, 0.717) is 23.2 Å². The van der Waals surface area contributed by atoms with E-state index in [1.165, 1.54) is 22.9 Å². The third kappa shape index (κ3) is 4.18. The molecule has 1 aliphatic rings. The second-order valence-corrected chi connectivity index (χ2v) is 8.98. The van der Waals surface area contributed by atoms with Gasteiger partial charge in [-0.2, -0.15) is 18.3 Å². The highest BCUT2D eigenvalue weighted by Crippen LogP contribution is 2.43. The van der Waals surface area contributed by atoms with Crippen LogP contribution in [0.4, 0.5) is 27.6 Å². The van der Waals surface area contributed by atoms with Crippen LogP contribution in [-0.2, 0) is 13.2 Å². The van der Waals surface area contributed by atoms with Crippen molar-refractivity contribution in [1.82, 2.24) is 15.1 Å². The van der Waals surface area contributed by atoms with Gasteiger partial charge in [0.25, 0.3) is 11.8 Å². The van der Waals surface area contributed by atoms with Crippen LogP contribution >= 0.6 is 11.6 Å². The van der Waals surface area contributed by atoms with E-state index in [2.05, 4.69) is 22.3 Å². The number of hydrogen-bond acceptors (Lipinski definition) is 3. The third-order valence-electron chi connectivity index (χ3n) is 6.20. The quantitative estimate of drug-likeness (QED) is 0.297. The molecule has 0 spiro atoms. The van der Waals surface area contributed by atoms with E-state index in [1.807, 2.05) is 0 Å². The van der Waals surface area contributed by atoms with Gasteiger partial charge in [-0.3, -0.25) is 14.3 Å². The van der Waals surface area contributed by atoms with Crippen molar-refractivity contribution in [1.29, 1.82) is 0 Å². The Morgan fingerprint density at radius 1 is 1.16 bits per heavy atom. The summed E-state index contributed by atoms with van der Waals surface area (Å²) in [7, 11) is 1.61. The van der Waals surface area contributed by atoms with Crippen LogP contribution in [0.25, 0.3) is 17.0 Å². The number of aromatic nitrogens is 2. The second-order valence-electron chi connectivity index (χ2n) is 8.57. The van der Waals surface area contributed by atoms with Gasteiger partial charge in [-0.25, -0.2) is 8.78 Å². The zero-order valence-corrected chi connectivity index (χ0v) is 20.1. The Hall–Kier alpha value is -4.25. The molecule has 0 saturated heterocycles. The lowest BCUT2D eigenvalue weighted by atomic mass is 9.94. The van der Waals surface area contributed by atoms with Crippen molar-refractivity contribution in [2.75, 3.05) is 5.32 Å². The first kappa shape index (κ1) is 25.4. The monoisotopic (exact) mass is 546 g/mol. The van der Waals surface area contributed by atoms with Crippen LogP contribution in [0.3, 0.4) is 0 Å². The van der Waals surface area contributed by atoms with Gasteiger partial charge < -0.3 is 10.6 Å². The number of fused-ring (bicyclic) bond motifs is 3. The summed E-state index contributed by atoms with van der Waals surface area (Å²) in [5.74, 6) is -3.55. The number of anilines is 1. The first-order valence-electron chi connectivity index (χ1n) is 11.0. The minimum Gasteiger partial charge on any atom is -0.341 e. The van der Waals surface area contributed by atoms with Crippen LogP contribution in [0.1, 0.15) is 49.1 Å². The average Bonchev–Trinajstić information content (AvgIpc) is 3.35. The van der Waals surface area contributed by atoms with E-state index in [4.69, 9.17) is 11.6 Å². The molecule has 0 saturated carbocycles. The molecule has 2 N–H and O–H groups in total. The molecule has 4 aromatic rings. The number of rotatable bonds is 4. The molecule has 0 bridgehead atoms. The molecule has 1 atom stereocenters. The summed E-state index contributed by atoms with van der Waals surface area (Å²) in [6, 6.07) is 5.44. The SMILES string of the molecule is C=Cc1c2cc(NC(=O)c3cc(F)cc(C(F)(F)F)c3)c3c(c2nn1C)C(=O)NC3c1cc(F)ccc1Cl. The van der Waals surface area contributed by atoms with Gasteiger partial charge in [0.2, 0.25) is 0 Å². The van der Waals surface area contributed by atoms with Crippen LogP contribution in [0, 0.1) is 11.6 Å². The Kier molecular flexibility index (Phi) is 5.98. The third-order valence-corrected chi connectivity index (χ3v) is 6.55. The Bertz CT molecular complexity index is 1680. The summed E-state index contributed by atoms with van der Waals surface area (Å²) < 4.78 is 69.3. The summed E-state index contributed by atoms with van der Waals surface area (Å²) in [6.07, 6.45) is -3.41. The smallest absolute Gasteiger partial charge is 0.341 e. The molecule has 3 aromatic carbocycles. The summed E-state index contributed by atoms with van der Waals surface area (Å²) in [5, 5.41) is 10.1. The number of benzene rings is 3. The Morgan fingerprint density at radius 3 is 2.58 bits per heavy atom. The zero-order chi connectivity index (χ0) is 27.5. The van der Waals surface area contributed by atoms with E-state index < -0.39 is 46.8 Å². The number of nitrogens with one attached hydrogen (secondary N) is 2. The van der Waals surface area contributed by atoms with E-state index in [0.717, 1.165) is 12.1 Å². The number of alkyl halides is 3. The number of aryl methyl sites for hydroxylation is 1. The average molecular weight is 547 g/mol. The second kappa shape index (κ2) is 8.95. The van der Waals surface area contributed by atoms with Gasteiger partial charge in [0.15, 0.2) is 0 Å². The van der Waals surface area contributed by atoms with Gasteiger partial charge in [-0.05, 0) is 48.5 Å². The first-order valence-corrected chi connectivity index (χ1v) is 11.4. The lowest BCUT2D eigenvalue weighted by Gasteiger charge is -2.18. The maximum atomic E-state index is 14.1. The van der Waals surface area contributed by atoms with Gasteiger partial charge >= 0.3 is 6.18 Å². The van der Waals surface area contributed by atoms with E-state index in [1.54, 1.807) is 7.05 Å². The summed E-state index contributed by atoms with van der Waals surface area (Å²) in [5.41, 5.74) is -0.776. The highest BCUT2D eigenvalue weighted by molar-refractivity contribution is 6.31. The standard InChI is InChI=1S/C26H16ClF5N4O2/c1-3-19-16-10-18(33-24(37)11-6-12(26(30,31)32)8-14(29)7-11)20-21(23(16)35-36(19)2)25(38)34-22(20)15-9-13(28)4-5-17(15)27/h3-10,22H,1H2,2H3,(H,33,37)(H,34,38). The molecule has 6 nitrogen and oxygen atoms in total. The molecule has 2 amide bonds. The molecule has 0 aliphatic carbocycles. The van der Waals surface area contributed by atoms with Crippen molar-refractivity contribution in [3.8, 4) is 0 Å². The van der Waals surface area contributed by atoms with Crippen LogP contribution in [0.5, 0.6) is 0 Å². The van der Waals surface area contributed by atoms with Crippen molar-refractivity contribution in [2.45, 2.75) is 12.2 Å². The van der Waals surface area contributed by atoms with E-state index in [9.17, 15) is 31.5 Å². The number of halogens is 6. The number of carbonyl (C=O) groups is 2. The summed E-state index contributed by atoms with van der Waals surface area (Å²) in [4.78, 5) is 26.3. The lowest BCUT2D eigenvalue weighted by molar-refractivity contribution is -0.137. The topological polar surface area (TPSA) is 76.0 Å². The zero-order valence-electron chi connectivity index (χ0n) is 19.4. The van der Waals surface area contributed by atoms with Gasteiger partial charge in [-0.15, -0.1) is 0 Å². The summed E-state index contributed by atoms with van der Waals surface area (Å²) in [6.45, 7) is 3.74. The molecule has 2 heterocycles. The molecule has 0 radical (unpaired) electrons. The maximum Gasteiger partial charge on any atom is 0.416 e. The van der Waals surface area contributed by atoms with Gasteiger partial charge in [0, 0.05) is 39.8 Å². The first-order chi connectivity index (χ1) is 17.9. The van der Waals surface area contributed by atoms with E-state index in [-0.39, 0.29) is 39.0 Å². The normalized spacial score (nSPS) is 14.9. The fourth-order valence-electron chi connectivity index (χ4n) is 4.56. The van der Waals surface area contributed by atoms with Crippen LogP contribution in [0.15, 0.2) is 49.0 Å².